The summed E-state index contributed by atoms with van der Waals surface area (Å²) in [4.78, 5) is 19.7. The summed E-state index contributed by atoms with van der Waals surface area (Å²) in [5.74, 6) is 0.476. The third-order valence-corrected chi connectivity index (χ3v) is 8.58. The molecule has 9 heteroatoms. The van der Waals surface area contributed by atoms with E-state index >= 15 is 0 Å². The van der Waals surface area contributed by atoms with Crippen LogP contribution >= 0.6 is 22.7 Å². The largest absolute Gasteiger partial charge is 0.338 e. The van der Waals surface area contributed by atoms with Gasteiger partial charge in [-0.15, -0.1) is 22.7 Å². The van der Waals surface area contributed by atoms with Gasteiger partial charge in [0.2, 0.25) is 10.0 Å². The zero-order valence-corrected chi connectivity index (χ0v) is 18.3. The van der Waals surface area contributed by atoms with E-state index in [1.807, 2.05) is 11.8 Å². The van der Waals surface area contributed by atoms with E-state index in [0.29, 0.717) is 28.0 Å². The van der Waals surface area contributed by atoms with Gasteiger partial charge in [-0.25, -0.2) is 18.1 Å². The number of aryl methyl sites for hydroxylation is 1. The van der Waals surface area contributed by atoms with E-state index in [4.69, 9.17) is 0 Å². The van der Waals surface area contributed by atoms with Gasteiger partial charge in [0.1, 0.15) is 14.1 Å². The summed E-state index contributed by atoms with van der Waals surface area (Å²) in [5, 5.41) is 2.48. The number of nitrogens with one attached hydrogen (secondary N) is 1. The standard InChI is InChI=1S/C18H25N3O3S3/c1-12(2)6-7-19-27(23,24)15-10-14(11-25-15)17-20-13(3)16(26-17)18(22)21-8-4-5-9-21/h10-12,19H,4-9H2,1-3H3. The number of hydrogen-bond donors (Lipinski definition) is 1. The molecule has 0 spiro atoms. The summed E-state index contributed by atoms with van der Waals surface area (Å²) >= 11 is 2.52. The monoisotopic (exact) mass is 427 g/mol. The molecule has 0 bridgehead atoms. The lowest BCUT2D eigenvalue weighted by Crippen LogP contribution is -2.27. The average molecular weight is 428 g/mol. The smallest absolute Gasteiger partial charge is 0.265 e. The molecule has 6 nitrogen and oxygen atoms in total. The fourth-order valence-electron chi connectivity index (χ4n) is 2.90. The molecule has 2 aromatic heterocycles. The molecule has 1 fully saturated rings. The Hall–Kier alpha value is -1.29. The minimum absolute atomic E-state index is 0.0344. The molecule has 3 heterocycles. The maximum absolute atomic E-state index is 12.6. The lowest BCUT2D eigenvalue weighted by molar-refractivity contribution is 0.0796. The average Bonchev–Trinajstić information content (AvgIpc) is 3.34. The minimum atomic E-state index is -3.51. The van der Waals surface area contributed by atoms with Gasteiger partial charge in [0.25, 0.3) is 5.91 Å². The third-order valence-electron chi connectivity index (χ3n) is 4.49. The molecule has 0 unspecified atom stereocenters. The Morgan fingerprint density at radius 2 is 2.04 bits per heavy atom. The van der Waals surface area contributed by atoms with Crippen molar-refractivity contribution in [1.82, 2.24) is 14.6 Å². The molecule has 2 aromatic rings. The van der Waals surface area contributed by atoms with Gasteiger partial charge < -0.3 is 4.90 Å². The molecule has 27 heavy (non-hydrogen) atoms. The Bertz CT molecular complexity index is 909. The van der Waals surface area contributed by atoms with Crippen LogP contribution in [0.15, 0.2) is 15.7 Å². The molecule has 0 aromatic carbocycles. The summed E-state index contributed by atoms with van der Waals surface area (Å²) in [6.45, 7) is 7.98. The zero-order valence-electron chi connectivity index (χ0n) is 15.8. The van der Waals surface area contributed by atoms with E-state index < -0.39 is 10.0 Å². The van der Waals surface area contributed by atoms with Gasteiger partial charge in [-0.2, -0.15) is 0 Å². The first-order chi connectivity index (χ1) is 12.8. The number of carbonyl (C=O) groups excluding carboxylic acids is 1. The van der Waals surface area contributed by atoms with Crippen LogP contribution in [0.2, 0.25) is 0 Å². The zero-order chi connectivity index (χ0) is 19.6. The predicted octanol–water partition coefficient (Wildman–Crippen LogP) is 3.74. The third kappa shape index (κ3) is 4.77. The number of likely N-dealkylation sites (tertiary alicyclic amines) is 1. The number of sulfonamides is 1. The van der Waals surface area contributed by atoms with Crippen LogP contribution in [0.1, 0.15) is 48.5 Å². The maximum Gasteiger partial charge on any atom is 0.265 e. The van der Waals surface area contributed by atoms with Crippen LogP contribution in [-0.2, 0) is 10.0 Å². The van der Waals surface area contributed by atoms with E-state index in [9.17, 15) is 13.2 Å². The first kappa shape index (κ1) is 20.4. The number of rotatable bonds is 7. The van der Waals surface area contributed by atoms with Crippen LogP contribution in [0.5, 0.6) is 0 Å². The highest BCUT2D eigenvalue weighted by Gasteiger charge is 2.25. The van der Waals surface area contributed by atoms with Crippen molar-refractivity contribution < 1.29 is 13.2 Å². The number of nitrogens with zero attached hydrogens (tertiary/aromatic N) is 2. The van der Waals surface area contributed by atoms with Crippen LogP contribution in [-0.4, -0.2) is 43.8 Å². The van der Waals surface area contributed by atoms with Gasteiger partial charge in [0, 0.05) is 30.6 Å². The van der Waals surface area contributed by atoms with Crippen LogP contribution in [0.4, 0.5) is 0 Å². The van der Waals surface area contributed by atoms with Gasteiger partial charge in [-0.1, -0.05) is 13.8 Å². The minimum Gasteiger partial charge on any atom is -0.338 e. The predicted molar refractivity (Wildman–Crippen MR) is 110 cm³/mol. The molecule has 1 amide bonds. The molecule has 0 aliphatic carbocycles. The van der Waals surface area contributed by atoms with Crippen LogP contribution in [0.3, 0.4) is 0 Å². The van der Waals surface area contributed by atoms with Crippen molar-refractivity contribution in [3.63, 3.8) is 0 Å². The van der Waals surface area contributed by atoms with Crippen LogP contribution < -0.4 is 4.72 Å². The first-order valence-corrected chi connectivity index (χ1v) is 12.3. The second kappa shape index (κ2) is 8.38. The first-order valence-electron chi connectivity index (χ1n) is 9.13. The summed E-state index contributed by atoms with van der Waals surface area (Å²) in [5.41, 5.74) is 1.45. The molecule has 0 saturated carbocycles. The van der Waals surface area contributed by atoms with E-state index in [0.717, 1.165) is 37.9 Å². The SMILES string of the molecule is Cc1nc(-c2csc(S(=O)(=O)NCCC(C)C)c2)sc1C(=O)N1CCCC1. The van der Waals surface area contributed by atoms with Crippen molar-refractivity contribution in [2.24, 2.45) is 5.92 Å². The number of hydrogen-bond acceptors (Lipinski definition) is 6. The topological polar surface area (TPSA) is 79.4 Å². The Morgan fingerprint density at radius 3 is 2.70 bits per heavy atom. The number of aromatic nitrogens is 1. The van der Waals surface area contributed by atoms with E-state index in [1.54, 1.807) is 11.4 Å². The van der Waals surface area contributed by atoms with Crippen molar-refractivity contribution in [3.05, 3.63) is 22.0 Å². The molecule has 0 radical (unpaired) electrons. The number of thiazole rings is 1. The van der Waals surface area contributed by atoms with E-state index in [2.05, 4.69) is 23.6 Å². The van der Waals surface area contributed by atoms with E-state index in [-0.39, 0.29) is 10.1 Å². The summed E-state index contributed by atoms with van der Waals surface area (Å²) < 4.78 is 27.8. The van der Waals surface area contributed by atoms with Gasteiger partial charge >= 0.3 is 0 Å². The molecule has 1 aliphatic heterocycles. The van der Waals surface area contributed by atoms with Gasteiger partial charge in [-0.3, -0.25) is 4.79 Å². The fourth-order valence-corrected chi connectivity index (χ4v) is 6.26. The van der Waals surface area contributed by atoms with Gasteiger partial charge in [-0.05, 0) is 38.2 Å². The Kier molecular flexibility index (Phi) is 6.35. The molecule has 148 valence electrons. The Morgan fingerprint density at radius 1 is 1.33 bits per heavy atom. The second-order valence-corrected chi connectivity index (χ2v) is 11.1. The molecule has 1 aliphatic rings. The Balaban J connectivity index is 1.76. The maximum atomic E-state index is 12.6. The molecular weight excluding hydrogens is 402 g/mol. The highest BCUT2D eigenvalue weighted by Crippen LogP contribution is 2.33. The highest BCUT2D eigenvalue weighted by molar-refractivity contribution is 7.91. The van der Waals surface area contributed by atoms with Crippen molar-refractivity contribution >= 4 is 38.6 Å². The summed E-state index contributed by atoms with van der Waals surface area (Å²) in [7, 11) is -3.51. The van der Waals surface area contributed by atoms with Crippen LogP contribution in [0, 0.1) is 12.8 Å². The molecule has 1 saturated heterocycles. The quantitative estimate of drug-likeness (QED) is 0.730. The van der Waals surface area contributed by atoms with Crippen molar-refractivity contribution in [3.8, 4) is 10.6 Å². The van der Waals surface area contributed by atoms with Crippen molar-refractivity contribution in [1.29, 1.82) is 0 Å². The van der Waals surface area contributed by atoms with Gasteiger partial charge in [0.05, 0.1) is 5.69 Å². The molecule has 3 rings (SSSR count). The normalized spacial score (nSPS) is 15.0. The highest BCUT2D eigenvalue weighted by atomic mass is 32.2. The molecule has 0 atom stereocenters. The number of thiophene rings is 1. The molecular formula is C18H25N3O3S3. The Labute approximate surface area is 168 Å². The van der Waals surface area contributed by atoms with Crippen molar-refractivity contribution in [2.75, 3.05) is 19.6 Å². The summed E-state index contributed by atoms with van der Waals surface area (Å²) in [6.07, 6.45) is 2.89. The van der Waals surface area contributed by atoms with E-state index in [1.165, 1.54) is 22.7 Å². The molecule has 1 N–H and O–H groups in total. The second-order valence-electron chi connectivity index (χ2n) is 7.17. The fraction of sp³-hybridized carbons (Fsp3) is 0.556. The van der Waals surface area contributed by atoms with Crippen molar-refractivity contribution in [2.45, 2.75) is 44.2 Å². The lowest BCUT2D eigenvalue weighted by atomic mass is 10.1. The van der Waals surface area contributed by atoms with Crippen LogP contribution in [0.25, 0.3) is 10.6 Å². The summed E-state index contributed by atoms with van der Waals surface area (Å²) in [6, 6.07) is 1.64. The number of carbonyl (C=O) groups is 1. The van der Waals surface area contributed by atoms with Gasteiger partial charge in [0.15, 0.2) is 0 Å². The lowest BCUT2D eigenvalue weighted by Gasteiger charge is -2.13. The number of amides is 1.